The van der Waals surface area contributed by atoms with Gasteiger partial charge in [-0.25, -0.2) is 9.37 Å². The molecule has 0 saturated carbocycles. The summed E-state index contributed by atoms with van der Waals surface area (Å²) < 4.78 is 23.9. The van der Waals surface area contributed by atoms with E-state index in [2.05, 4.69) is 4.98 Å². The molecular formula is C13H13FN2O2. The summed E-state index contributed by atoms with van der Waals surface area (Å²) in [4.78, 5) is 4.03. The van der Waals surface area contributed by atoms with Crippen LogP contribution in [0.5, 0.6) is 11.6 Å². The molecule has 0 bridgehead atoms. The van der Waals surface area contributed by atoms with Gasteiger partial charge in [0.2, 0.25) is 5.88 Å². The van der Waals surface area contributed by atoms with E-state index in [-0.39, 0.29) is 18.0 Å². The Morgan fingerprint density at radius 1 is 1.28 bits per heavy atom. The third-order valence-corrected chi connectivity index (χ3v) is 2.41. The van der Waals surface area contributed by atoms with E-state index in [9.17, 15) is 4.39 Å². The number of nitrogens with two attached hydrogens (primary N) is 1. The van der Waals surface area contributed by atoms with E-state index < -0.39 is 5.82 Å². The molecule has 2 N–H and O–H groups in total. The third-order valence-electron chi connectivity index (χ3n) is 2.41. The van der Waals surface area contributed by atoms with Gasteiger partial charge in [-0.2, -0.15) is 0 Å². The molecule has 5 heteroatoms. The highest BCUT2D eigenvalue weighted by molar-refractivity contribution is 5.52. The highest BCUT2D eigenvalue weighted by Gasteiger charge is 2.09. The number of hydrogen-bond acceptors (Lipinski definition) is 4. The van der Waals surface area contributed by atoms with Gasteiger partial charge >= 0.3 is 0 Å². The van der Waals surface area contributed by atoms with Crippen molar-refractivity contribution >= 4 is 5.69 Å². The highest BCUT2D eigenvalue weighted by Crippen LogP contribution is 2.26. The lowest BCUT2D eigenvalue weighted by atomic mass is 10.2. The van der Waals surface area contributed by atoms with E-state index >= 15 is 0 Å². The lowest BCUT2D eigenvalue weighted by Gasteiger charge is -2.11. The Kier molecular flexibility index (Phi) is 3.62. The molecule has 0 spiro atoms. The number of nitrogen functional groups attached to an aromatic ring is 1. The molecule has 0 amide bonds. The second kappa shape index (κ2) is 5.35. The Morgan fingerprint density at radius 2 is 2.11 bits per heavy atom. The predicted molar refractivity (Wildman–Crippen MR) is 65.9 cm³/mol. The minimum absolute atomic E-state index is 0.0448. The fourth-order valence-electron chi connectivity index (χ4n) is 1.55. The number of para-hydroxylation sites is 1. The molecule has 0 aliphatic rings. The van der Waals surface area contributed by atoms with Crippen LogP contribution < -0.4 is 15.2 Å². The summed E-state index contributed by atoms with van der Waals surface area (Å²) in [6.07, 6.45) is 1.61. The molecule has 0 aliphatic heterocycles. The third kappa shape index (κ3) is 2.51. The van der Waals surface area contributed by atoms with Crippen LogP contribution in [0.1, 0.15) is 5.56 Å². The second-order valence-electron chi connectivity index (χ2n) is 3.62. The van der Waals surface area contributed by atoms with Crippen LogP contribution in [-0.2, 0) is 6.61 Å². The molecule has 94 valence electrons. The first-order valence-electron chi connectivity index (χ1n) is 5.37. The summed E-state index contributed by atoms with van der Waals surface area (Å²) in [6, 6.07) is 7.96. The maximum atomic E-state index is 13.5. The van der Waals surface area contributed by atoms with Crippen molar-refractivity contribution in [2.45, 2.75) is 6.61 Å². The van der Waals surface area contributed by atoms with Crippen molar-refractivity contribution in [1.82, 2.24) is 4.98 Å². The predicted octanol–water partition coefficient (Wildman–Crippen LogP) is 2.39. The molecule has 2 rings (SSSR count). The van der Waals surface area contributed by atoms with Crippen LogP contribution in [0.25, 0.3) is 0 Å². The van der Waals surface area contributed by atoms with Crippen molar-refractivity contribution in [3.05, 3.63) is 47.9 Å². The van der Waals surface area contributed by atoms with Crippen LogP contribution in [0.15, 0.2) is 36.5 Å². The first kappa shape index (κ1) is 12.2. The fourth-order valence-corrected chi connectivity index (χ4v) is 1.55. The van der Waals surface area contributed by atoms with Crippen molar-refractivity contribution < 1.29 is 13.9 Å². The first-order chi connectivity index (χ1) is 8.72. The monoisotopic (exact) mass is 248 g/mol. The number of anilines is 1. The Labute approximate surface area is 104 Å². The molecule has 1 aromatic heterocycles. The van der Waals surface area contributed by atoms with Crippen LogP contribution in [0.2, 0.25) is 0 Å². The molecule has 0 atom stereocenters. The van der Waals surface area contributed by atoms with Crippen molar-refractivity contribution in [3.63, 3.8) is 0 Å². The number of benzene rings is 1. The van der Waals surface area contributed by atoms with Crippen molar-refractivity contribution in [1.29, 1.82) is 0 Å². The normalized spacial score (nSPS) is 10.1. The topological polar surface area (TPSA) is 57.4 Å². The zero-order valence-electron chi connectivity index (χ0n) is 9.89. The zero-order valence-corrected chi connectivity index (χ0v) is 9.89. The van der Waals surface area contributed by atoms with Gasteiger partial charge in [-0.15, -0.1) is 0 Å². The van der Waals surface area contributed by atoms with Gasteiger partial charge in [0.05, 0.1) is 18.4 Å². The van der Waals surface area contributed by atoms with E-state index in [1.807, 2.05) is 0 Å². The largest absolute Gasteiger partial charge is 0.483 e. The Bertz CT molecular complexity index is 526. The molecule has 0 aliphatic carbocycles. The van der Waals surface area contributed by atoms with Crippen LogP contribution in [-0.4, -0.2) is 12.1 Å². The summed E-state index contributed by atoms with van der Waals surface area (Å²) in [6.45, 7) is 0.141. The van der Waals surface area contributed by atoms with E-state index in [4.69, 9.17) is 15.2 Å². The average Bonchev–Trinajstić information content (AvgIpc) is 2.38. The van der Waals surface area contributed by atoms with Gasteiger partial charge in [-0.1, -0.05) is 6.07 Å². The second-order valence-corrected chi connectivity index (χ2v) is 3.62. The Balaban J connectivity index is 2.16. The summed E-state index contributed by atoms with van der Waals surface area (Å²) >= 11 is 0. The summed E-state index contributed by atoms with van der Waals surface area (Å²) in [5.74, 6) is 0.00803. The fraction of sp³-hybridized carbons (Fsp3) is 0.154. The van der Waals surface area contributed by atoms with E-state index in [1.54, 1.807) is 24.4 Å². The van der Waals surface area contributed by atoms with E-state index in [0.717, 1.165) is 5.56 Å². The molecule has 1 heterocycles. The van der Waals surface area contributed by atoms with Crippen LogP contribution in [0.3, 0.4) is 0 Å². The van der Waals surface area contributed by atoms with Gasteiger partial charge in [-0.3, -0.25) is 0 Å². The van der Waals surface area contributed by atoms with Crippen LogP contribution in [0, 0.1) is 5.82 Å². The summed E-state index contributed by atoms with van der Waals surface area (Å²) in [7, 11) is 1.52. The smallest absolute Gasteiger partial charge is 0.219 e. The van der Waals surface area contributed by atoms with E-state index in [1.165, 1.54) is 19.2 Å². The molecule has 0 fully saturated rings. The number of halogens is 1. The molecule has 0 radical (unpaired) electrons. The lowest BCUT2D eigenvalue weighted by molar-refractivity contribution is 0.282. The molecule has 1 aromatic carbocycles. The van der Waals surface area contributed by atoms with Gasteiger partial charge in [0.1, 0.15) is 6.61 Å². The number of aromatic nitrogens is 1. The van der Waals surface area contributed by atoms with Gasteiger partial charge in [0.15, 0.2) is 11.6 Å². The van der Waals surface area contributed by atoms with E-state index in [0.29, 0.717) is 5.88 Å². The van der Waals surface area contributed by atoms with Crippen LogP contribution >= 0.6 is 0 Å². The van der Waals surface area contributed by atoms with Crippen molar-refractivity contribution in [2.24, 2.45) is 0 Å². The number of nitrogens with zero attached hydrogens (tertiary/aromatic N) is 1. The molecule has 0 saturated heterocycles. The Hall–Kier alpha value is -2.30. The molecular weight excluding hydrogens is 235 g/mol. The lowest BCUT2D eigenvalue weighted by Crippen LogP contribution is -2.03. The van der Waals surface area contributed by atoms with Crippen LogP contribution in [0.4, 0.5) is 10.1 Å². The van der Waals surface area contributed by atoms with Crippen molar-refractivity contribution in [3.8, 4) is 11.6 Å². The molecule has 0 unspecified atom stereocenters. The Morgan fingerprint density at radius 3 is 2.83 bits per heavy atom. The maximum absolute atomic E-state index is 13.5. The zero-order chi connectivity index (χ0) is 13.0. The average molecular weight is 248 g/mol. The number of pyridine rings is 1. The number of methoxy groups -OCH3 is 1. The van der Waals surface area contributed by atoms with Gasteiger partial charge in [0, 0.05) is 6.20 Å². The van der Waals surface area contributed by atoms with Gasteiger partial charge < -0.3 is 15.2 Å². The minimum Gasteiger partial charge on any atom is -0.483 e. The minimum atomic E-state index is -0.488. The number of ether oxygens (including phenoxy) is 2. The van der Waals surface area contributed by atoms with Crippen molar-refractivity contribution in [2.75, 3.05) is 12.8 Å². The molecule has 18 heavy (non-hydrogen) atoms. The standard InChI is InChI=1S/C13H13FN2O2/c1-17-13-9(4-3-7-16-13)8-18-12-10(14)5-2-6-11(12)15/h2-7H,8,15H2,1H3. The molecule has 2 aromatic rings. The quantitative estimate of drug-likeness (QED) is 0.844. The van der Waals surface area contributed by atoms with Gasteiger partial charge in [-0.05, 0) is 24.3 Å². The highest BCUT2D eigenvalue weighted by atomic mass is 19.1. The number of hydrogen-bond donors (Lipinski definition) is 1. The maximum Gasteiger partial charge on any atom is 0.219 e. The first-order valence-corrected chi connectivity index (χ1v) is 5.37. The molecule has 4 nitrogen and oxygen atoms in total. The van der Waals surface area contributed by atoms with Gasteiger partial charge in [0.25, 0.3) is 0 Å². The summed E-state index contributed by atoms with van der Waals surface area (Å²) in [5, 5.41) is 0. The SMILES string of the molecule is COc1ncccc1COc1c(N)cccc1F. The summed E-state index contributed by atoms with van der Waals surface area (Å²) in [5.41, 5.74) is 6.63. The number of rotatable bonds is 4.